The molecule has 0 spiro atoms. The Hall–Kier alpha value is -3.91. The monoisotopic (exact) mass is 640 g/mol. The summed E-state index contributed by atoms with van der Waals surface area (Å²) < 4.78 is 32.9. The van der Waals surface area contributed by atoms with Gasteiger partial charge in [-0.05, 0) is 25.1 Å². The summed E-state index contributed by atoms with van der Waals surface area (Å²) in [5.41, 5.74) is -1.78. The third-order valence-electron chi connectivity index (χ3n) is 7.67. The first kappa shape index (κ1) is 32.5. The van der Waals surface area contributed by atoms with Crippen molar-refractivity contribution in [2.24, 2.45) is 0 Å². The molecule has 5 rings (SSSR count). The average Bonchev–Trinajstić information content (AvgIpc) is 3.02. The van der Waals surface area contributed by atoms with Crippen LogP contribution >= 0.6 is 0 Å². The number of aliphatic hydroxyl groups is 6. The second-order valence-corrected chi connectivity index (χ2v) is 10.5. The molecular formula is C28H32O17. The summed E-state index contributed by atoms with van der Waals surface area (Å²) >= 11 is 0. The van der Waals surface area contributed by atoms with E-state index in [1.165, 1.54) is 32.2 Å². The molecule has 3 aromatic rings. The van der Waals surface area contributed by atoms with Gasteiger partial charge in [-0.15, -0.1) is 0 Å². The molecule has 0 aliphatic carbocycles. The van der Waals surface area contributed by atoms with Gasteiger partial charge in [-0.1, -0.05) is 0 Å². The minimum atomic E-state index is -1.89. The number of rotatable bonds is 7. The van der Waals surface area contributed by atoms with E-state index in [4.69, 9.17) is 28.1 Å². The quantitative estimate of drug-likeness (QED) is 0.129. The lowest BCUT2D eigenvalue weighted by atomic mass is 9.97. The van der Waals surface area contributed by atoms with Crippen molar-refractivity contribution < 1.29 is 79.2 Å². The van der Waals surface area contributed by atoms with E-state index in [1.807, 2.05) is 0 Å². The number of benzene rings is 2. The molecule has 45 heavy (non-hydrogen) atoms. The molecule has 17 heteroatoms. The Kier molecular flexibility index (Phi) is 9.00. The zero-order valence-corrected chi connectivity index (χ0v) is 23.6. The van der Waals surface area contributed by atoms with E-state index >= 15 is 0 Å². The second kappa shape index (κ2) is 12.5. The Bertz CT molecular complexity index is 1610. The van der Waals surface area contributed by atoms with Gasteiger partial charge in [0.25, 0.3) is 0 Å². The minimum Gasteiger partial charge on any atom is -0.507 e. The summed E-state index contributed by atoms with van der Waals surface area (Å²) in [7, 11) is 1.26. The molecule has 246 valence electrons. The van der Waals surface area contributed by atoms with E-state index in [-0.39, 0.29) is 17.1 Å². The van der Waals surface area contributed by atoms with Gasteiger partial charge < -0.3 is 79.2 Å². The molecule has 10 N–H and O–H groups in total. The highest BCUT2D eigenvalue weighted by Crippen LogP contribution is 2.44. The van der Waals surface area contributed by atoms with Crippen molar-refractivity contribution in [1.82, 2.24) is 0 Å². The van der Waals surface area contributed by atoms with Crippen LogP contribution in [0, 0.1) is 0 Å². The SMILES string of the molecule is COc1cc(-c2oc3c(O)c(OC4OC(CO)C(O)C(O)C4OC4OC(C)C(O)C(O)C4O)cc(O)c3c(=O)c2O)ccc1O. The van der Waals surface area contributed by atoms with Gasteiger partial charge in [0.15, 0.2) is 41.0 Å². The number of fused-ring (bicyclic) bond motifs is 1. The van der Waals surface area contributed by atoms with Gasteiger partial charge in [0, 0.05) is 11.6 Å². The standard InChI is InChI=1S/C28H32O17/c1-8-16(32)20(36)23(39)27(41-8)45-26-21(37)17(33)14(7-29)43-28(26)42-13-6-11(31)15-19(35)22(38)24(44-25(15)18(13)34)9-3-4-10(30)12(5-9)40-2/h3-6,8,14,16-17,20-21,23,26-34,36-39H,7H2,1-2H3. The minimum absolute atomic E-state index is 0.0333. The number of phenols is 3. The van der Waals surface area contributed by atoms with E-state index in [2.05, 4.69) is 0 Å². The predicted octanol–water partition coefficient (Wildman–Crippen LogP) is -1.68. The summed E-state index contributed by atoms with van der Waals surface area (Å²) in [6.45, 7) is 0.552. The highest BCUT2D eigenvalue weighted by atomic mass is 16.8. The third-order valence-corrected chi connectivity index (χ3v) is 7.67. The smallest absolute Gasteiger partial charge is 0.238 e. The average molecular weight is 641 g/mol. The van der Waals surface area contributed by atoms with Crippen molar-refractivity contribution in [3.05, 3.63) is 34.5 Å². The van der Waals surface area contributed by atoms with Crippen molar-refractivity contribution in [2.75, 3.05) is 13.7 Å². The fourth-order valence-corrected chi connectivity index (χ4v) is 5.11. The molecule has 2 aliphatic heterocycles. The summed E-state index contributed by atoms with van der Waals surface area (Å²) in [4.78, 5) is 13.0. The van der Waals surface area contributed by atoms with Gasteiger partial charge in [-0.2, -0.15) is 0 Å². The van der Waals surface area contributed by atoms with Crippen LogP contribution in [0.4, 0.5) is 0 Å². The van der Waals surface area contributed by atoms with Crippen LogP contribution in [-0.2, 0) is 14.2 Å². The molecule has 2 aliphatic rings. The van der Waals surface area contributed by atoms with Crippen LogP contribution in [0.2, 0.25) is 0 Å². The summed E-state index contributed by atoms with van der Waals surface area (Å²) in [6, 6.07) is 4.46. The first-order valence-corrected chi connectivity index (χ1v) is 13.5. The molecule has 2 saturated heterocycles. The zero-order valence-electron chi connectivity index (χ0n) is 23.6. The number of aromatic hydroxyl groups is 4. The van der Waals surface area contributed by atoms with Crippen LogP contribution < -0.4 is 14.9 Å². The Morgan fingerprint density at radius 2 is 1.51 bits per heavy atom. The lowest BCUT2D eigenvalue weighted by Gasteiger charge is -2.45. The maximum absolute atomic E-state index is 13.0. The highest BCUT2D eigenvalue weighted by molar-refractivity contribution is 5.93. The fourth-order valence-electron chi connectivity index (χ4n) is 5.11. The fraction of sp³-hybridized carbons (Fsp3) is 0.464. The Morgan fingerprint density at radius 1 is 0.800 bits per heavy atom. The maximum Gasteiger partial charge on any atom is 0.238 e. The highest BCUT2D eigenvalue weighted by Gasteiger charge is 2.51. The van der Waals surface area contributed by atoms with Gasteiger partial charge >= 0.3 is 0 Å². The van der Waals surface area contributed by atoms with Crippen LogP contribution in [0.25, 0.3) is 22.3 Å². The third kappa shape index (κ3) is 5.69. The van der Waals surface area contributed by atoms with E-state index < -0.39 is 113 Å². The van der Waals surface area contributed by atoms with Crippen LogP contribution in [0.15, 0.2) is 33.5 Å². The van der Waals surface area contributed by atoms with Crippen molar-refractivity contribution >= 4 is 11.0 Å². The molecule has 0 radical (unpaired) electrons. The van der Waals surface area contributed by atoms with Gasteiger partial charge in [0.05, 0.1) is 19.8 Å². The van der Waals surface area contributed by atoms with Crippen LogP contribution in [0.5, 0.6) is 34.5 Å². The van der Waals surface area contributed by atoms with Crippen molar-refractivity contribution in [3.63, 3.8) is 0 Å². The van der Waals surface area contributed by atoms with Gasteiger partial charge in [-0.3, -0.25) is 4.79 Å². The number of aliphatic hydroxyl groups excluding tert-OH is 6. The molecule has 0 bridgehead atoms. The molecule has 10 atom stereocenters. The first-order chi connectivity index (χ1) is 21.3. The normalized spacial score (nSPS) is 32.0. The molecule has 1 aromatic heterocycles. The number of hydrogen-bond donors (Lipinski definition) is 10. The molecular weight excluding hydrogens is 608 g/mol. The van der Waals surface area contributed by atoms with E-state index in [0.717, 1.165) is 6.07 Å². The van der Waals surface area contributed by atoms with Crippen LogP contribution in [0.3, 0.4) is 0 Å². The van der Waals surface area contributed by atoms with E-state index in [0.29, 0.717) is 0 Å². The van der Waals surface area contributed by atoms with Crippen LogP contribution in [-0.4, -0.2) is 126 Å². The van der Waals surface area contributed by atoms with Gasteiger partial charge in [-0.25, -0.2) is 0 Å². The molecule has 17 nitrogen and oxygen atoms in total. The predicted molar refractivity (Wildman–Crippen MR) is 147 cm³/mol. The topological polar surface area (TPSA) is 279 Å². The number of hydrogen-bond acceptors (Lipinski definition) is 17. The van der Waals surface area contributed by atoms with Gasteiger partial charge in [0.1, 0.15) is 47.8 Å². The number of phenolic OH excluding ortho intramolecular Hbond substituents is 3. The van der Waals surface area contributed by atoms with Crippen molar-refractivity contribution in [1.29, 1.82) is 0 Å². The molecule has 0 saturated carbocycles. The van der Waals surface area contributed by atoms with Crippen molar-refractivity contribution in [2.45, 2.75) is 68.3 Å². The molecule has 3 heterocycles. The lowest BCUT2D eigenvalue weighted by molar-refractivity contribution is -0.354. The summed E-state index contributed by atoms with van der Waals surface area (Å²) in [5, 5.41) is 103. The van der Waals surface area contributed by atoms with Crippen molar-refractivity contribution in [3.8, 4) is 45.8 Å². The summed E-state index contributed by atoms with van der Waals surface area (Å²) in [6.07, 6.45) is -16.5. The summed E-state index contributed by atoms with van der Waals surface area (Å²) in [5.74, 6) is -4.09. The Balaban J connectivity index is 1.55. The molecule has 2 aromatic carbocycles. The van der Waals surface area contributed by atoms with Gasteiger partial charge in [0.2, 0.25) is 23.2 Å². The molecule has 0 amide bonds. The lowest BCUT2D eigenvalue weighted by Crippen LogP contribution is -2.64. The Labute approximate surface area is 252 Å². The second-order valence-electron chi connectivity index (χ2n) is 10.5. The zero-order chi connectivity index (χ0) is 32.9. The van der Waals surface area contributed by atoms with E-state index in [1.54, 1.807) is 0 Å². The molecule has 2 fully saturated rings. The number of ether oxygens (including phenoxy) is 5. The van der Waals surface area contributed by atoms with Crippen LogP contribution in [0.1, 0.15) is 6.92 Å². The van der Waals surface area contributed by atoms with E-state index in [9.17, 15) is 55.9 Å². The number of methoxy groups -OCH3 is 1. The molecule has 10 unspecified atom stereocenters. The Morgan fingerprint density at radius 3 is 2.18 bits per heavy atom. The largest absolute Gasteiger partial charge is 0.507 e. The maximum atomic E-state index is 13.0. The first-order valence-electron chi connectivity index (χ1n) is 13.5.